The molecule has 4 aromatic rings. The molecule has 190 valence electrons. The lowest BCUT2D eigenvalue weighted by atomic mass is 10.1. The number of carboxylic acid groups (broad SMARTS) is 1. The van der Waals surface area contributed by atoms with E-state index < -0.39 is 29.7 Å². The number of aromatic nitrogens is 1. The third-order valence-corrected chi connectivity index (χ3v) is 6.43. The van der Waals surface area contributed by atoms with Crippen LogP contribution in [0.5, 0.6) is 0 Å². The van der Waals surface area contributed by atoms with Crippen molar-refractivity contribution in [2.24, 2.45) is 0 Å². The fourth-order valence-electron chi connectivity index (χ4n) is 3.69. The minimum Gasteiger partial charge on any atom is -0.480 e. The third kappa shape index (κ3) is 6.53. The first-order valence-corrected chi connectivity index (χ1v) is 12.0. The average Bonchev–Trinajstić information content (AvgIpc) is 3.23. The Balaban J connectivity index is 1.47. The fourth-order valence-corrected chi connectivity index (χ4v) is 4.54. The van der Waals surface area contributed by atoms with Crippen LogP contribution < -0.4 is 10.6 Å². The maximum atomic E-state index is 12.9. The topological polar surface area (TPSA) is 91.3 Å². The molecule has 0 radical (unpaired) electrons. The number of hydrogen-bond donors (Lipinski definition) is 3. The standard InChI is InChI=1S/C27H22F3N3O3S/c1-16-23(18-10-12-20(13-11-18)27(28,29)30)33-26(37-16)31-21-9-5-8-19(15-21)24(34)32-22(25(35)36)14-17-6-3-2-4-7-17/h2-13,15,22H,14H2,1H3,(H,31,33)(H,32,34)(H,35,36)/t22-/m0/s1. The van der Waals surface area contributed by atoms with Crippen molar-refractivity contribution < 1.29 is 27.9 Å². The van der Waals surface area contributed by atoms with E-state index in [0.29, 0.717) is 22.1 Å². The number of aryl methyl sites for hydroxylation is 1. The Morgan fingerprint density at radius 1 is 1.00 bits per heavy atom. The highest BCUT2D eigenvalue weighted by molar-refractivity contribution is 7.16. The number of benzene rings is 3. The molecule has 6 nitrogen and oxygen atoms in total. The summed E-state index contributed by atoms with van der Waals surface area (Å²) in [7, 11) is 0. The van der Waals surface area contributed by atoms with E-state index in [2.05, 4.69) is 15.6 Å². The minimum absolute atomic E-state index is 0.144. The maximum Gasteiger partial charge on any atom is 0.416 e. The van der Waals surface area contributed by atoms with Crippen molar-refractivity contribution in [1.82, 2.24) is 10.3 Å². The molecule has 0 aliphatic rings. The minimum atomic E-state index is -4.41. The average molecular weight is 526 g/mol. The molecule has 1 aromatic heterocycles. The van der Waals surface area contributed by atoms with Gasteiger partial charge in [-0.2, -0.15) is 13.2 Å². The highest BCUT2D eigenvalue weighted by Gasteiger charge is 2.30. The Bertz CT molecular complexity index is 1400. The Hall–Kier alpha value is -4.18. The largest absolute Gasteiger partial charge is 0.480 e. The smallest absolute Gasteiger partial charge is 0.416 e. The molecule has 10 heteroatoms. The highest BCUT2D eigenvalue weighted by Crippen LogP contribution is 2.34. The van der Waals surface area contributed by atoms with Crippen LogP contribution in [0, 0.1) is 6.92 Å². The van der Waals surface area contributed by atoms with Crippen molar-refractivity contribution >= 4 is 34.0 Å². The van der Waals surface area contributed by atoms with Gasteiger partial charge >= 0.3 is 12.1 Å². The van der Waals surface area contributed by atoms with Crippen molar-refractivity contribution in [3.63, 3.8) is 0 Å². The lowest BCUT2D eigenvalue weighted by Crippen LogP contribution is -2.42. The van der Waals surface area contributed by atoms with Gasteiger partial charge in [0, 0.05) is 28.1 Å². The third-order valence-electron chi connectivity index (χ3n) is 5.54. The molecule has 0 fully saturated rings. The summed E-state index contributed by atoms with van der Waals surface area (Å²) in [5.74, 6) is -1.67. The van der Waals surface area contributed by atoms with Gasteiger partial charge < -0.3 is 15.7 Å². The molecule has 3 aromatic carbocycles. The number of nitrogens with one attached hydrogen (secondary N) is 2. The molecule has 1 atom stereocenters. The Kier molecular flexibility index (Phi) is 7.58. The van der Waals surface area contributed by atoms with Crippen LogP contribution in [-0.4, -0.2) is 28.0 Å². The molecule has 0 saturated heterocycles. The summed E-state index contributed by atoms with van der Waals surface area (Å²) < 4.78 is 38.6. The normalized spacial score (nSPS) is 12.1. The van der Waals surface area contributed by atoms with Crippen LogP contribution in [0.25, 0.3) is 11.3 Å². The number of halogens is 3. The van der Waals surface area contributed by atoms with E-state index in [1.165, 1.54) is 23.5 Å². The zero-order chi connectivity index (χ0) is 26.6. The quantitative estimate of drug-likeness (QED) is 0.251. The van der Waals surface area contributed by atoms with E-state index in [0.717, 1.165) is 22.6 Å². The first-order valence-electron chi connectivity index (χ1n) is 11.2. The molecule has 0 bridgehead atoms. The lowest BCUT2D eigenvalue weighted by molar-refractivity contribution is -0.139. The second-order valence-corrected chi connectivity index (χ2v) is 9.46. The van der Waals surface area contributed by atoms with Crippen LogP contribution in [-0.2, 0) is 17.4 Å². The molecule has 37 heavy (non-hydrogen) atoms. The van der Waals surface area contributed by atoms with Gasteiger partial charge in [-0.25, -0.2) is 9.78 Å². The number of amides is 1. The molecular formula is C27H22F3N3O3S. The van der Waals surface area contributed by atoms with Crippen molar-refractivity contribution in [3.8, 4) is 11.3 Å². The number of anilines is 2. The Morgan fingerprint density at radius 2 is 1.70 bits per heavy atom. The molecule has 1 heterocycles. The molecule has 0 saturated carbocycles. The molecule has 0 spiro atoms. The number of alkyl halides is 3. The van der Waals surface area contributed by atoms with Gasteiger partial charge in [-0.3, -0.25) is 4.79 Å². The van der Waals surface area contributed by atoms with Crippen LogP contribution in [0.3, 0.4) is 0 Å². The van der Waals surface area contributed by atoms with E-state index in [1.807, 2.05) is 13.0 Å². The molecule has 0 aliphatic carbocycles. The Labute approximate surface area is 214 Å². The Morgan fingerprint density at radius 3 is 2.35 bits per heavy atom. The van der Waals surface area contributed by atoms with E-state index in [4.69, 9.17) is 0 Å². The SMILES string of the molecule is Cc1sc(Nc2cccc(C(=O)N[C@@H](Cc3ccccc3)C(=O)O)c2)nc1-c1ccc(C(F)(F)F)cc1. The van der Waals surface area contributed by atoms with Gasteiger partial charge in [-0.15, -0.1) is 11.3 Å². The molecule has 1 amide bonds. The summed E-state index contributed by atoms with van der Waals surface area (Å²) in [5, 5.41) is 15.7. The number of carbonyl (C=O) groups excluding carboxylic acids is 1. The predicted molar refractivity (Wildman–Crippen MR) is 136 cm³/mol. The van der Waals surface area contributed by atoms with Gasteiger partial charge in [0.2, 0.25) is 0 Å². The van der Waals surface area contributed by atoms with Gasteiger partial charge in [0.15, 0.2) is 5.13 Å². The van der Waals surface area contributed by atoms with Crippen molar-refractivity contribution in [3.05, 3.63) is 100 Å². The summed E-state index contributed by atoms with van der Waals surface area (Å²) in [4.78, 5) is 29.8. The van der Waals surface area contributed by atoms with Gasteiger partial charge in [-0.1, -0.05) is 48.5 Å². The number of nitrogens with zero attached hydrogens (tertiary/aromatic N) is 1. The summed E-state index contributed by atoms with van der Waals surface area (Å²) >= 11 is 1.32. The maximum absolute atomic E-state index is 12.9. The predicted octanol–water partition coefficient (Wildman–Crippen LogP) is 6.31. The van der Waals surface area contributed by atoms with Crippen LogP contribution in [0.1, 0.15) is 26.4 Å². The first-order chi connectivity index (χ1) is 17.6. The zero-order valence-corrected chi connectivity index (χ0v) is 20.4. The van der Waals surface area contributed by atoms with Gasteiger partial charge in [0.05, 0.1) is 11.3 Å². The van der Waals surface area contributed by atoms with Crippen LogP contribution >= 0.6 is 11.3 Å². The van der Waals surface area contributed by atoms with Crippen LogP contribution in [0.2, 0.25) is 0 Å². The second-order valence-electron chi connectivity index (χ2n) is 8.26. The highest BCUT2D eigenvalue weighted by atomic mass is 32.1. The number of carboxylic acids is 1. The number of aliphatic carboxylic acids is 1. The van der Waals surface area contributed by atoms with Gasteiger partial charge in [0.1, 0.15) is 6.04 Å². The fraction of sp³-hybridized carbons (Fsp3) is 0.148. The zero-order valence-electron chi connectivity index (χ0n) is 19.5. The van der Waals surface area contributed by atoms with Crippen LogP contribution in [0.4, 0.5) is 24.0 Å². The second kappa shape index (κ2) is 10.8. The molecular weight excluding hydrogens is 503 g/mol. The molecule has 3 N–H and O–H groups in total. The van der Waals surface area contributed by atoms with E-state index >= 15 is 0 Å². The molecule has 0 unspecified atom stereocenters. The monoisotopic (exact) mass is 525 g/mol. The van der Waals surface area contributed by atoms with Crippen molar-refractivity contribution in [2.75, 3.05) is 5.32 Å². The summed E-state index contributed by atoms with van der Waals surface area (Å²) in [6.07, 6.45) is -4.27. The number of hydrogen-bond acceptors (Lipinski definition) is 5. The van der Waals surface area contributed by atoms with Crippen molar-refractivity contribution in [2.45, 2.75) is 25.6 Å². The molecule has 4 rings (SSSR count). The summed E-state index contributed by atoms with van der Waals surface area (Å²) in [6, 6.07) is 19.2. The molecule has 0 aliphatic heterocycles. The van der Waals surface area contributed by atoms with Crippen LogP contribution in [0.15, 0.2) is 78.9 Å². The lowest BCUT2D eigenvalue weighted by Gasteiger charge is -2.15. The van der Waals surface area contributed by atoms with Crippen molar-refractivity contribution in [1.29, 1.82) is 0 Å². The van der Waals surface area contributed by atoms with E-state index in [-0.39, 0.29) is 12.0 Å². The summed E-state index contributed by atoms with van der Waals surface area (Å²) in [5.41, 5.74) is 1.98. The van der Waals surface area contributed by atoms with E-state index in [1.54, 1.807) is 48.5 Å². The van der Waals surface area contributed by atoms with Gasteiger partial charge in [-0.05, 0) is 42.8 Å². The summed E-state index contributed by atoms with van der Waals surface area (Å²) in [6.45, 7) is 1.82. The number of thiazole rings is 1. The first kappa shape index (κ1) is 25.9. The van der Waals surface area contributed by atoms with Gasteiger partial charge in [0.25, 0.3) is 5.91 Å². The van der Waals surface area contributed by atoms with E-state index in [9.17, 15) is 27.9 Å². The number of carbonyl (C=O) groups is 2. The number of rotatable bonds is 8.